The molecule has 0 unspecified atom stereocenters. The van der Waals surface area contributed by atoms with Gasteiger partial charge in [-0.05, 0) is 56.8 Å². The third-order valence-corrected chi connectivity index (χ3v) is 6.00. The minimum absolute atomic E-state index is 0.124. The van der Waals surface area contributed by atoms with Gasteiger partial charge in [0.15, 0.2) is 0 Å². The summed E-state index contributed by atoms with van der Waals surface area (Å²) >= 11 is 0. The molecule has 0 aromatic rings. The number of aliphatic hydroxyl groups excluding tert-OH is 1. The summed E-state index contributed by atoms with van der Waals surface area (Å²) in [6.07, 6.45) is 6.82. The summed E-state index contributed by atoms with van der Waals surface area (Å²) < 4.78 is 0. The second-order valence-electron chi connectivity index (χ2n) is 6.89. The van der Waals surface area contributed by atoms with E-state index in [2.05, 4.69) is 20.8 Å². The van der Waals surface area contributed by atoms with Gasteiger partial charge in [0, 0.05) is 12.0 Å². The van der Waals surface area contributed by atoms with E-state index in [1.54, 1.807) is 0 Å². The van der Waals surface area contributed by atoms with Crippen molar-refractivity contribution in [3.63, 3.8) is 0 Å². The summed E-state index contributed by atoms with van der Waals surface area (Å²) in [6.45, 7) is 6.80. The van der Waals surface area contributed by atoms with Crippen molar-refractivity contribution in [2.45, 2.75) is 64.9 Å². The maximum absolute atomic E-state index is 10.8. The topological polar surface area (TPSA) is 40.5 Å². The first-order valence-electron chi connectivity index (χ1n) is 7.26. The highest BCUT2D eigenvalue weighted by Crippen LogP contribution is 2.59. The van der Waals surface area contributed by atoms with E-state index in [0.29, 0.717) is 17.8 Å². The van der Waals surface area contributed by atoms with Crippen molar-refractivity contribution in [3.8, 4) is 0 Å². The minimum Gasteiger partial charge on any atom is -0.396 e. The Labute approximate surface area is 105 Å². The van der Waals surface area contributed by atoms with Crippen LogP contribution in [0.1, 0.15) is 59.3 Å². The number of hydrogen-bond acceptors (Lipinski definition) is 2. The molecule has 0 aliphatic heterocycles. The smallest absolute Gasteiger partial charge is 0.0678 e. The normalized spacial score (nSPS) is 48.5. The Morgan fingerprint density at radius 3 is 2.59 bits per heavy atom. The van der Waals surface area contributed by atoms with Gasteiger partial charge in [0.25, 0.3) is 0 Å². The average Bonchev–Trinajstić information content (AvgIpc) is 2.72. The third-order valence-electron chi connectivity index (χ3n) is 6.00. The van der Waals surface area contributed by atoms with Gasteiger partial charge in [-0.25, -0.2) is 0 Å². The summed E-state index contributed by atoms with van der Waals surface area (Å²) in [5, 5.41) is 20.1. The second-order valence-corrected chi connectivity index (χ2v) is 6.89. The summed E-state index contributed by atoms with van der Waals surface area (Å²) in [5.74, 6) is 1.62. The maximum Gasteiger partial charge on any atom is 0.0678 e. The molecule has 2 aliphatic rings. The lowest BCUT2D eigenvalue weighted by atomic mass is 9.57. The fourth-order valence-electron chi connectivity index (χ4n) is 4.50. The molecule has 0 aromatic heterocycles. The maximum atomic E-state index is 10.8. The zero-order valence-electron chi connectivity index (χ0n) is 11.6. The molecule has 2 aliphatic carbocycles. The van der Waals surface area contributed by atoms with Crippen molar-refractivity contribution in [2.75, 3.05) is 6.61 Å². The average molecular weight is 240 g/mol. The van der Waals surface area contributed by atoms with Crippen LogP contribution in [-0.2, 0) is 0 Å². The van der Waals surface area contributed by atoms with E-state index < -0.39 is 5.60 Å². The van der Waals surface area contributed by atoms with Crippen LogP contribution in [0.25, 0.3) is 0 Å². The Hall–Kier alpha value is -0.0800. The molecular formula is C15H28O2. The monoisotopic (exact) mass is 240 g/mol. The summed E-state index contributed by atoms with van der Waals surface area (Å²) in [4.78, 5) is 0. The van der Waals surface area contributed by atoms with Crippen LogP contribution in [0, 0.1) is 23.2 Å². The molecule has 2 rings (SSSR count). The van der Waals surface area contributed by atoms with Gasteiger partial charge in [-0.1, -0.05) is 20.3 Å². The van der Waals surface area contributed by atoms with Crippen LogP contribution in [0.5, 0.6) is 0 Å². The van der Waals surface area contributed by atoms with E-state index in [9.17, 15) is 10.2 Å². The first-order chi connectivity index (χ1) is 7.93. The van der Waals surface area contributed by atoms with Gasteiger partial charge in [-0.15, -0.1) is 0 Å². The van der Waals surface area contributed by atoms with Crippen LogP contribution in [0.2, 0.25) is 0 Å². The van der Waals surface area contributed by atoms with Crippen LogP contribution in [-0.4, -0.2) is 22.4 Å². The molecule has 0 radical (unpaired) electrons. The summed E-state index contributed by atoms with van der Waals surface area (Å²) in [6, 6.07) is 0. The molecule has 2 fully saturated rings. The number of rotatable bonds is 2. The van der Waals surface area contributed by atoms with Crippen LogP contribution in [0.4, 0.5) is 0 Å². The lowest BCUT2D eigenvalue weighted by Gasteiger charge is -2.51. The highest BCUT2D eigenvalue weighted by Gasteiger charge is 2.56. The molecule has 0 saturated heterocycles. The van der Waals surface area contributed by atoms with Gasteiger partial charge < -0.3 is 10.2 Å². The van der Waals surface area contributed by atoms with Gasteiger partial charge in [0.1, 0.15) is 0 Å². The van der Waals surface area contributed by atoms with Gasteiger partial charge in [-0.2, -0.15) is 0 Å². The fraction of sp³-hybridized carbons (Fsp3) is 1.00. The standard InChI is InChI=1S/C15H28O2/c1-11(10-16)13-6-8-15(9-13)12(2)5-4-7-14(15,3)17/h11-13,16-17H,4-10H2,1-3H3/t11-,12+,13-,14+,15-/m1/s1. The minimum atomic E-state index is -0.491. The Bertz CT molecular complexity index is 274. The molecule has 100 valence electrons. The van der Waals surface area contributed by atoms with E-state index in [1.807, 2.05) is 0 Å². The molecule has 2 N–H and O–H groups in total. The van der Waals surface area contributed by atoms with Gasteiger partial charge in [0.2, 0.25) is 0 Å². The number of hydrogen-bond donors (Lipinski definition) is 2. The van der Waals surface area contributed by atoms with Crippen molar-refractivity contribution in [2.24, 2.45) is 23.2 Å². The lowest BCUT2D eigenvalue weighted by molar-refractivity contribution is -0.129. The Kier molecular flexibility index (Phi) is 3.57. The van der Waals surface area contributed by atoms with Crippen LogP contribution in [0.15, 0.2) is 0 Å². The van der Waals surface area contributed by atoms with E-state index in [1.165, 1.54) is 12.8 Å². The molecule has 0 amide bonds. The molecule has 0 bridgehead atoms. The van der Waals surface area contributed by atoms with Crippen molar-refractivity contribution < 1.29 is 10.2 Å². The lowest BCUT2D eigenvalue weighted by Crippen LogP contribution is -2.51. The zero-order chi connectivity index (χ0) is 12.7. The summed E-state index contributed by atoms with van der Waals surface area (Å²) in [5.41, 5.74) is -0.367. The predicted octanol–water partition coefficient (Wildman–Crippen LogP) is 2.97. The number of aliphatic hydroxyl groups is 2. The Morgan fingerprint density at radius 1 is 1.29 bits per heavy atom. The quantitative estimate of drug-likeness (QED) is 0.779. The summed E-state index contributed by atoms with van der Waals surface area (Å²) in [7, 11) is 0. The van der Waals surface area contributed by atoms with Crippen molar-refractivity contribution in [1.29, 1.82) is 0 Å². The highest BCUT2D eigenvalue weighted by molar-refractivity contribution is 5.06. The fourth-order valence-corrected chi connectivity index (χ4v) is 4.50. The predicted molar refractivity (Wildman–Crippen MR) is 69.7 cm³/mol. The van der Waals surface area contributed by atoms with Crippen LogP contribution < -0.4 is 0 Å². The van der Waals surface area contributed by atoms with E-state index >= 15 is 0 Å². The van der Waals surface area contributed by atoms with Crippen molar-refractivity contribution in [3.05, 3.63) is 0 Å². The molecule has 0 heterocycles. The zero-order valence-corrected chi connectivity index (χ0v) is 11.6. The molecule has 5 atom stereocenters. The largest absolute Gasteiger partial charge is 0.396 e. The van der Waals surface area contributed by atoms with E-state index in [4.69, 9.17) is 0 Å². The molecule has 2 nitrogen and oxygen atoms in total. The molecule has 2 saturated carbocycles. The molecule has 0 aromatic carbocycles. The van der Waals surface area contributed by atoms with Crippen molar-refractivity contribution >= 4 is 0 Å². The van der Waals surface area contributed by atoms with Crippen LogP contribution in [0.3, 0.4) is 0 Å². The van der Waals surface area contributed by atoms with Crippen molar-refractivity contribution in [1.82, 2.24) is 0 Å². The molecule has 1 spiro atoms. The molecule has 17 heavy (non-hydrogen) atoms. The van der Waals surface area contributed by atoms with Gasteiger partial charge in [0.05, 0.1) is 5.60 Å². The SMILES string of the molecule is C[C@H](CO)[C@@H]1CC[C@@]2(C1)[C@@H](C)CCC[C@]2(C)O. The van der Waals surface area contributed by atoms with Gasteiger partial charge in [-0.3, -0.25) is 0 Å². The second kappa shape index (κ2) is 4.55. The third kappa shape index (κ3) is 2.04. The van der Waals surface area contributed by atoms with Crippen LogP contribution >= 0.6 is 0 Å². The first-order valence-corrected chi connectivity index (χ1v) is 7.26. The van der Waals surface area contributed by atoms with E-state index in [0.717, 1.165) is 25.7 Å². The molecule has 2 heteroatoms. The first kappa shape index (κ1) is 13.4. The molecular weight excluding hydrogens is 212 g/mol. The highest BCUT2D eigenvalue weighted by atomic mass is 16.3. The Morgan fingerprint density at radius 2 is 2.00 bits per heavy atom. The Balaban J connectivity index is 2.18. The van der Waals surface area contributed by atoms with Gasteiger partial charge >= 0.3 is 0 Å². The van der Waals surface area contributed by atoms with E-state index in [-0.39, 0.29) is 12.0 Å².